The van der Waals surface area contributed by atoms with E-state index in [9.17, 15) is 4.79 Å². The maximum absolute atomic E-state index is 12.1. The van der Waals surface area contributed by atoms with Gasteiger partial charge in [0.1, 0.15) is 5.76 Å². The van der Waals surface area contributed by atoms with Crippen molar-refractivity contribution in [3.05, 3.63) is 17.5 Å². The molecule has 1 unspecified atom stereocenters. The van der Waals surface area contributed by atoms with Crippen molar-refractivity contribution in [2.24, 2.45) is 0 Å². The molecular formula is C16H29N3O2. The molecule has 1 heterocycles. The molecule has 0 aliphatic rings. The largest absolute Gasteiger partial charge is 0.361 e. The Hall–Kier alpha value is -1.36. The highest BCUT2D eigenvalue weighted by Crippen LogP contribution is 2.17. The third-order valence-corrected chi connectivity index (χ3v) is 4.30. The van der Waals surface area contributed by atoms with Crippen LogP contribution in [0.3, 0.4) is 0 Å². The number of aryl methyl sites for hydroxylation is 1. The van der Waals surface area contributed by atoms with Crippen LogP contribution in [-0.2, 0) is 6.42 Å². The van der Waals surface area contributed by atoms with Gasteiger partial charge in [-0.15, -0.1) is 0 Å². The summed E-state index contributed by atoms with van der Waals surface area (Å²) in [6.45, 7) is 10.1. The summed E-state index contributed by atoms with van der Waals surface area (Å²) in [5.74, 6) is 0.570. The van der Waals surface area contributed by atoms with Crippen LogP contribution in [0.15, 0.2) is 10.6 Å². The van der Waals surface area contributed by atoms with Gasteiger partial charge in [0, 0.05) is 24.6 Å². The molecule has 0 radical (unpaired) electrons. The van der Waals surface area contributed by atoms with Crippen molar-refractivity contribution in [3.63, 3.8) is 0 Å². The van der Waals surface area contributed by atoms with E-state index in [2.05, 4.69) is 43.2 Å². The van der Waals surface area contributed by atoms with Gasteiger partial charge in [0.2, 0.25) is 0 Å². The fraction of sp³-hybridized carbons (Fsp3) is 0.750. The first-order valence-corrected chi connectivity index (χ1v) is 7.91. The zero-order chi connectivity index (χ0) is 15.9. The molecule has 1 aromatic rings. The molecule has 1 aromatic heterocycles. The van der Waals surface area contributed by atoms with Crippen molar-refractivity contribution in [3.8, 4) is 0 Å². The molecule has 0 saturated heterocycles. The maximum atomic E-state index is 12.1. The topological polar surface area (TPSA) is 58.4 Å². The van der Waals surface area contributed by atoms with Crippen LogP contribution in [0.25, 0.3) is 0 Å². The first kappa shape index (κ1) is 17.7. The molecule has 1 rings (SSSR count). The van der Waals surface area contributed by atoms with Crippen molar-refractivity contribution in [1.29, 1.82) is 0 Å². The normalized spacial score (nSPS) is 14.2. The minimum atomic E-state index is -0.165. The molecule has 5 nitrogen and oxygen atoms in total. The number of likely N-dealkylation sites (N-methyl/N-ethyl adjacent to an activating group) is 1. The zero-order valence-electron chi connectivity index (χ0n) is 14.0. The lowest BCUT2D eigenvalue weighted by Gasteiger charge is -2.38. The van der Waals surface area contributed by atoms with Crippen LogP contribution in [0.5, 0.6) is 0 Å². The van der Waals surface area contributed by atoms with E-state index in [1.165, 1.54) is 12.8 Å². The number of carbonyl (C=O) groups excluding carboxylic acids is 1. The fourth-order valence-electron chi connectivity index (χ4n) is 2.14. The van der Waals surface area contributed by atoms with Crippen molar-refractivity contribution in [2.45, 2.75) is 58.9 Å². The highest BCUT2D eigenvalue weighted by Gasteiger charge is 2.28. The van der Waals surface area contributed by atoms with Gasteiger partial charge in [-0.25, -0.2) is 0 Å². The van der Waals surface area contributed by atoms with Crippen LogP contribution >= 0.6 is 0 Å². The number of amides is 1. The highest BCUT2D eigenvalue weighted by atomic mass is 16.5. The van der Waals surface area contributed by atoms with E-state index in [4.69, 9.17) is 4.52 Å². The first-order chi connectivity index (χ1) is 9.96. The second-order valence-electron chi connectivity index (χ2n) is 5.84. The minimum Gasteiger partial charge on any atom is -0.361 e. The number of hydrogen-bond donors (Lipinski definition) is 1. The summed E-state index contributed by atoms with van der Waals surface area (Å²) < 4.78 is 5.07. The lowest BCUT2D eigenvalue weighted by Crippen LogP contribution is -2.52. The first-order valence-electron chi connectivity index (χ1n) is 7.91. The molecule has 1 amide bonds. The molecule has 0 bridgehead atoms. The molecule has 1 N–H and O–H groups in total. The molecule has 0 fully saturated rings. The van der Waals surface area contributed by atoms with E-state index in [-0.39, 0.29) is 11.4 Å². The zero-order valence-corrected chi connectivity index (χ0v) is 14.0. The molecule has 0 aliphatic heterocycles. The lowest BCUT2D eigenvalue weighted by molar-refractivity contribution is 0.0867. The quantitative estimate of drug-likeness (QED) is 0.761. The van der Waals surface area contributed by atoms with Gasteiger partial charge in [0.15, 0.2) is 5.69 Å². The summed E-state index contributed by atoms with van der Waals surface area (Å²) in [6, 6.07) is 1.71. The van der Waals surface area contributed by atoms with Crippen molar-refractivity contribution < 1.29 is 9.32 Å². The number of unbranched alkanes of at least 4 members (excludes halogenated alkanes) is 1. The maximum Gasteiger partial charge on any atom is 0.273 e. The summed E-state index contributed by atoms with van der Waals surface area (Å²) >= 11 is 0. The molecule has 21 heavy (non-hydrogen) atoms. The number of nitrogens with zero attached hydrogens (tertiary/aromatic N) is 2. The summed E-state index contributed by atoms with van der Waals surface area (Å²) in [5.41, 5.74) is 0.323. The van der Waals surface area contributed by atoms with Crippen LogP contribution in [0.4, 0.5) is 0 Å². The fourth-order valence-corrected chi connectivity index (χ4v) is 2.14. The molecule has 5 heteroatoms. The number of hydrogen-bond acceptors (Lipinski definition) is 4. The smallest absolute Gasteiger partial charge is 0.273 e. The summed E-state index contributed by atoms with van der Waals surface area (Å²) in [7, 11) is 2.12. The van der Waals surface area contributed by atoms with Crippen molar-refractivity contribution >= 4 is 5.91 Å². The van der Waals surface area contributed by atoms with Crippen LogP contribution in [0, 0.1) is 0 Å². The Morgan fingerprint density at radius 1 is 1.43 bits per heavy atom. The highest BCUT2D eigenvalue weighted by molar-refractivity contribution is 5.92. The van der Waals surface area contributed by atoms with Crippen LogP contribution in [0.2, 0.25) is 0 Å². The van der Waals surface area contributed by atoms with E-state index >= 15 is 0 Å². The predicted octanol–water partition coefficient (Wildman–Crippen LogP) is 2.87. The van der Waals surface area contributed by atoms with Gasteiger partial charge >= 0.3 is 0 Å². The van der Waals surface area contributed by atoms with Crippen LogP contribution in [0.1, 0.15) is 63.2 Å². The van der Waals surface area contributed by atoms with E-state index < -0.39 is 0 Å². The van der Waals surface area contributed by atoms with Gasteiger partial charge in [-0.05, 0) is 33.4 Å². The van der Waals surface area contributed by atoms with E-state index in [0.717, 1.165) is 25.1 Å². The van der Waals surface area contributed by atoms with E-state index in [0.29, 0.717) is 12.2 Å². The number of nitrogens with one attached hydrogen (secondary N) is 1. The molecule has 120 valence electrons. The van der Waals surface area contributed by atoms with Gasteiger partial charge in [-0.3, -0.25) is 9.69 Å². The monoisotopic (exact) mass is 295 g/mol. The third kappa shape index (κ3) is 4.84. The van der Waals surface area contributed by atoms with E-state index in [1.54, 1.807) is 6.07 Å². The molecule has 0 saturated carbocycles. The lowest BCUT2D eigenvalue weighted by atomic mass is 9.96. The molecule has 0 spiro atoms. The molecular weight excluding hydrogens is 266 g/mol. The minimum absolute atomic E-state index is 0.0395. The Kier molecular flexibility index (Phi) is 6.89. The predicted molar refractivity (Wildman–Crippen MR) is 84.4 cm³/mol. The molecule has 0 aliphatic carbocycles. The van der Waals surface area contributed by atoms with Gasteiger partial charge in [-0.2, -0.15) is 0 Å². The average Bonchev–Trinajstić information content (AvgIpc) is 2.98. The third-order valence-electron chi connectivity index (χ3n) is 4.30. The molecule has 1 atom stereocenters. The summed E-state index contributed by atoms with van der Waals surface area (Å²) in [6.07, 6.45) is 4.07. The Balaban J connectivity index is 2.59. The Morgan fingerprint density at radius 3 is 2.67 bits per heavy atom. The Bertz CT molecular complexity index is 444. The van der Waals surface area contributed by atoms with Crippen LogP contribution < -0.4 is 5.32 Å². The molecule has 0 aromatic carbocycles. The summed E-state index contributed by atoms with van der Waals surface area (Å²) in [5, 5.41) is 6.79. The van der Waals surface area contributed by atoms with Crippen molar-refractivity contribution in [2.75, 3.05) is 20.1 Å². The van der Waals surface area contributed by atoms with Gasteiger partial charge in [0.05, 0.1) is 0 Å². The van der Waals surface area contributed by atoms with E-state index in [1.807, 2.05) is 6.92 Å². The van der Waals surface area contributed by atoms with Crippen molar-refractivity contribution in [1.82, 2.24) is 15.4 Å². The second kappa shape index (κ2) is 8.17. The van der Waals surface area contributed by atoms with Gasteiger partial charge in [-0.1, -0.05) is 32.3 Å². The SMILES string of the molecule is CCCCN(C)C(C)(CC)CNC(=O)c1cc(CC)on1. The number of carbonyl (C=O) groups is 1. The van der Waals surface area contributed by atoms with Gasteiger partial charge in [0.25, 0.3) is 5.91 Å². The van der Waals surface area contributed by atoms with Gasteiger partial charge < -0.3 is 9.84 Å². The Morgan fingerprint density at radius 2 is 2.14 bits per heavy atom. The summed E-state index contributed by atoms with van der Waals surface area (Å²) in [4.78, 5) is 14.5. The Labute approximate surface area is 128 Å². The standard InChI is InChI=1S/C16H29N3O2/c1-6-9-10-19(5)16(4,8-3)12-17-15(20)14-11-13(7-2)21-18-14/h11H,6-10,12H2,1-5H3,(H,17,20). The average molecular weight is 295 g/mol. The number of aromatic nitrogens is 1. The second-order valence-corrected chi connectivity index (χ2v) is 5.84. The van der Waals surface area contributed by atoms with Crippen LogP contribution in [-0.4, -0.2) is 41.6 Å². The number of rotatable bonds is 9.